The van der Waals surface area contributed by atoms with Crippen molar-refractivity contribution in [3.05, 3.63) is 112 Å². The van der Waals surface area contributed by atoms with Crippen molar-refractivity contribution in [2.45, 2.75) is 19.1 Å². The second kappa shape index (κ2) is 10.5. The van der Waals surface area contributed by atoms with Crippen LogP contribution in [-0.2, 0) is 22.4 Å². The molecule has 4 aromatic rings. The summed E-state index contributed by atoms with van der Waals surface area (Å²) in [7, 11) is 0. The van der Waals surface area contributed by atoms with E-state index in [1.807, 2.05) is 54.6 Å². The summed E-state index contributed by atoms with van der Waals surface area (Å²) in [6.45, 7) is 2.46. The standard InChI is InChI=1S/C30H27N3O4/c34-30-32-28(37-20-25-19-35-15-16-36-25)18-27-26-12-11-24(17-23(26)13-14-33(27)30)31-29(21-7-3-1-4-8-21)22-9-5-2-6-10-22/h1-12,17-18,25H,13-16,19-20H2/t25-/m0/s1. The topological polar surface area (TPSA) is 74.9 Å². The second-order valence-corrected chi connectivity index (χ2v) is 9.08. The van der Waals surface area contributed by atoms with Crippen LogP contribution in [0.2, 0.25) is 0 Å². The fourth-order valence-corrected chi connectivity index (χ4v) is 4.76. The smallest absolute Gasteiger partial charge is 0.351 e. The SMILES string of the molecule is O=c1nc(OC[C@@H]2COCCO2)cc2n1CCc1cc(N=C(c3ccccc3)c3ccccc3)ccc1-2. The third kappa shape index (κ3) is 5.09. The molecule has 2 aliphatic rings. The Morgan fingerprint density at radius 3 is 2.43 bits per heavy atom. The van der Waals surface area contributed by atoms with Gasteiger partial charge >= 0.3 is 5.69 Å². The van der Waals surface area contributed by atoms with Crippen molar-refractivity contribution in [1.29, 1.82) is 0 Å². The van der Waals surface area contributed by atoms with Crippen LogP contribution in [-0.4, -0.2) is 47.8 Å². The predicted octanol–water partition coefficient (Wildman–Crippen LogP) is 4.43. The third-order valence-corrected chi connectivity index (χ3v) is 6.59. The molecule has 3 aromatic carbocycles. The van der Waals surface area contributed by atoms with E-state index in [4.69, 9.17) is 19.2 Å². The number of aliphatic imine (C=N–C) groups is 1. The van der Waals surface area contributed by atoms with E-state index in [1.54, 1.807) is 4.57 Å². The summed E-state index contributed by atoms with van der Waals surface area (Å²) in [5, 5.41) is 0. The molecule has 1 fully saturated rings. The van der Waals surface area contributed by atoms with Crippen molar-refractivity contribution in [1.82, 2.24) is 9.55 Å². The van der Waals surface area contributed by atoms with E-state index in [2.05, 4.69) is 35.3 Å². The fourth-order valence-electron chi connectivity index (χ4n) is 4.76. The molecule has 0 saturated carbocycles. The van der Waals surface area contributed by atoms with Gasteiger partial charge in [-0.05, 0) is 24.1 Å². The Morgan fingerprint density at radius 1 is 0.973 bits per heavy atom. The first-order valence-corrected chi connectivity index (χ1v) is 12.5. The third-order valence-electron chi connectivity index (χ3n) is 6.59. The van der Waals surface area contributed by atoms with E-state index < -0.39 is 0 Å². The molecular formula is C30H27N3O4. The molecule has 0 bridgehead atoms. The lowest BCUT2D eigenvalue weighted by Gasteiger charge is -2.24. The van der Waals surface area contributed by atoms with Crippen molar-refractivity contribution in [2.75, 3.05) is 26.4 Å². The lowest BCUT2D eigenvalue weighted by atomic mass is 9.97. The number of benzene rings is 3. The van der Waals surface area contributed by atoms with Gasteiger partial charge in [0.15, 0.2) is 0 Å². The summed E-state index contributed by atoms with van der Waals surface area (Å²) in [4.78, 5) is 22.0. The second-order valence-electron chi connectivity index (χ2n) is 9.08. The Hall–Kier alpha value is -4.07. The number of fused-ring (bicyclic) bond motifs is 3. The Balaban J connectivity index is 1.33. The Morgan fingerprint density at radius 2 is 1.73 bits per heavy atom. The first-order valence-electron chi connectivity index (χ1n) is 12.5. The molecule has 3 heterocycles. The summed E-state index contributed by atoms with van der Waals surface area (Å²) in [5.41, 5.74) is 6.54. The monoisotopic (exact) mass is 493 g/mol. The van der Waals surface area contributed by atoms with Crippen LogP contribution in [0.1, 0.15) is 16.7 Å². The number of hydrogen-bond donors (Lipinski definition) is 0. The first kappa shape index (κ1) is 23.3. The number of ether oxygens (including phenoxy) is 3. The fraction of sp³-hybridized carbons (Fsp3) is 0.233. The maximum absolute atomic E-state index is 12.8. The molecule has 7 heteroatoms. The normalized spacial score (nSPS) is 16.4. The van der Waals surface area contributed by atoms with Gasteiger partial charge in [-0.25, -0.2) is 9.79 Å². The number of hydrogen-bond acceptors (Lipinski definition) is 6. The minimum Gasteiger partial charge on any atom is -0.475 e. The van der Waals surface area contributed by atoms with Crippen molar-refractivity contribution in [2.24, 2.45) is 4.99 Å². The van der Waals surface area contributed by atoms with E-state index in [1.165, 1.54) is 0 Å². The summed E-state index contributed by atoms with van der Waals surface area (Å²) < 4.78 is 18.6. The maximum atomic E-state index is 12.8. The minimum absolute atomic E-state index is 0.162. The summed E-state index contributed by atoms with van der Waals surface area (Å²) in [6.07, 6.45) is 0.567. The van der Waals surface area contributed by atoms with Gasteiger partial charge < -0.3 is 14.2 Å². The minimum atomic E-state index is -0.309. The van der Waals surface area contributed by atoms with Gasteiger partial charge in [-0.1, -0.05) is 66.7 Å². The molecule has 1 aromatic heterocycles. The predicted molar refractivity (Wildman–Crippen MR) is 142 cm³/mol. The van der Waals surface area contributed by atoms with E-state index in [0.29, 0.717) is 32.2 Å². The van der Waals surface area contributed by atoms with Gasteiger partial charge in [-0.3, -0.25) is 4.57 Å². The quantitative estimate of drug-likeness (QED) is 0.372. The van der Waals surface area contributed by atoms with E-state index in [0.717, 1.165) is 45.8 Å². The zero-order valence-electron chi connectivity index (χ0n) is 20.4. The highest BCUT2D eigenvalue weighted by molar-refractivity contribution is 6.13. The molecule has 0 N–H and O–H groups in total. The molecule has 1 atom stereocenters. The maximum Gasteiger partial charge on any atom is 0.351 e. The molecule has 0 unspecified atom stereocenters. The zero-order chi connectivity index (χ0) is 25.0. The van der Waals surface area contributed by atoms with Gasteiger partial charge in [0.25, 0.3) is 0 Å². The van der Waals surface area contributed by atoms with Crippen LogP contribution in [0, 0.1) is 0 Å². The molecular weight excluding hydrogens is 466 g/mol. The molecule has 2 aliphatic heterocycles. The molecule has 186 valence electrons. The van der Waals surface area contributed by atoms with Gasteiger partial charge in [0, 0.05) is 29.3 Å². The van der Waals surface area contributed by atoms with Crippen LogP contribution in [0.25, 0.3) is 11.3 Å². The Labute approximate surface area is 215 Å². The van der Waals surface area contributed by atoms with Crippen LogP contribution >= 0.6 is 0 Å². The highest BCUT2D eigenvalue weighted by Crippen LogP contribution is 2.33. The van der Waals surface area contributed by atoms with Gasteiger partial charge in [0.1, 0.15) is 12.7 Å². The average Bonchev–Trinajstić information content (AvgIpc) is 2.96. The van der Waals surface area contributed by atoms with Gasteiger partial charge in [-0.2, -0.15) is 4.98 Å². The molecule has 7 nitrogen and oxygen atoms in total. The Kier molecular flexibility index (Phi) is 6.62. The Bertz CT molecular complexity index is 1430. The van der Waals surface area contributed by atoms with Gasteiger partial charge in [0.2, 0.25) is 5.88 Å². The lowest BCUT2D eigenvalue weighted by molar-refractivity contribution is -0.102. The van der Waals surface area contributed by atoms with E-state index in [9.17, 15) is 4.79 Å². The molecule has 0 amide bonds. The summed E-state index contributed by atoms with van der Waals surface area (Å²) in [5.74, 6) is 0.302. The summed E-state index contributed by atoms with van der Waals surface area (Å²) >= 11 is 0. The molecule has 0 radical (unpaired) electrons. The van der Waals surface area contributed by atoms with Crippen LogP contribution in [0.3, 0.4) is 0 Å². The van der Waals surface area contributed by atoms with Crippen molar-refractivity contribution in [3.63, 3.8) is 0 Å². The highest BCUT2D eigenvalue weighted by atomic mass is 16.6. The van der Waals surface area contributed by atoms with E-state index >= 15 is 0 Å². The molecule has 0 aliphatic carbocycles. The zero-order valence-corrected chi connectivity index (χ0v) is 20.4. The van der Waals surface area contributed by atoms with Gasteiger partial charge in [0.05, 0.1) is 36.9 Å². The summed E-state index contributed by atoms with van der Waals surface area (Å²) in [6, 6.07) is 28.4. The molecule has 0 spiro atoms. The molecule has 6 rings (SSSR count). The highest BCUT2D eigenvalue weighted by Gasteiger charge is 2.21. The average molecular weight is 494 g/mol. The first-order chi connectivity index (χ1) is 18.2. The van der Waals surface area contributed by atoms with Crippen LogP contribution in [0.4, 0.5) is 5.69 Å². The number of aromatic nitrogens is 2. The van der Waals surface area contributed by atoms with Crippen molar-refractivity contribution in [3.8, 4) is 17.1 Å². The number of nitrogens with zero attached hydrogens (tertiary/aromatic N) is 3. The van der Waals surface area contributed by atoms with E-state index in [-0.39, 0.29) is 18.4 Å². The molecule has 37 heavy (non-hydrogen) atoms. The lowest BCUT2D eigenvalue weighted by Crippen LogP contribution is -2.34. The van der Waals surface area contributed by atoms with Crippen LogP contribution in [0.15, 0.2) is 94.7 Å². The number of rotatable bonds is 6. The van der Waals surface area contributed by atoms with Gasteiger partial charge in [-0.15, -0.1) is 0 Å². The largest absolute Gasteiger partial charge is 0.475 e. The van der Waals surface area contributed by atoms with Crippen molar-refractivity contribution >= 4 is 11.4 Å². The molecule has 1 saturated heterocycles. The number of aryl methyl sites for hydroxylation is 1. The van der Waals surface area contributed by atoms with Crippen LogP contribution in [0.5, 0.6) is 5.88 Å². The van der Waals surface area contributed by atoms with Crippen molar-refractivity contribution < 1.29 is 14.2 Å². The van der Waals surface area contributed by atoms with Crippen LogP contribution < -0.4 is 10.4 Å².